The number of aromatic nitrogens is 3. The second kappa shape index (κ2) is 8.55. The quantitative estimate of drug-likeness (QED) is 0.754. The number of fused-ring (bicyclic) bond motifs is 1. The standard InChI is InChI=1S/C18H27N5O.2ClH/c1-11-15-13(17(24)20-9-8-19-5)10-14(12-6-7-12)21-16(15)23(22-11)18(2,3)4;;/h10,12,19H,6-9H2,1-5H3,(H,20,24);2*1H. The first-order valence-electron chi connectivity index (χ1n) is 8.66. The van der Waals surface area contributed by atoms with Crippen LogP contribution in [-0.4, -0.2) is 40.8 Å². The highest BCUT2D eigenvalue weighted by Crippen LogP contribution is 2.40. The first-order valence-corrected chi connectivity index (χ1v) is 8.66. The molecule has 0 aliphatic heterocycles. The molecule has 2 N–H and O–H groups in total. The Hall–Kier alpha value is -1.37. The van der Waals surface area contributed by atoms with Crippen LogP contribution < -0.4 is 10.6 Å². The average Bonchev–Trinajstić information content (AvgIpc) is 3.30. The highest BCUT2D eigenvalue weighted by atomic mass is 35.5. The fourth-order valence-electron chi connectivity index (χ4n) is 2.94. The lowest BCUT2D eigenvalue weighted by Crippen LogP contribution is -2.30. The van der Waals surface area contributed by atoms with E-state index in [1.807, 2.05) is 24.7 Å². The second-order valence-corrected chi connectivity index (χ2v) is 7.60. The van der Waals surface area contributed by atoms with Gasteiger partial charge < -0.3 is 10.6 Å². The van der Waals surface area contributed by atoms with E-state index in [2.05, 4.69) is 36.5 Å². The SMILES string of the molecule is CNCCNC(=O)c1cc(C2CC2)nc2c1c(C)nn2C(C)(C)C.Cl.Cl. The number of carbonyl (C=O) groups excluding carboxylic acids is 1. The Morgan fingerprint density at radius 1 is 1.27 bits per heavy atom. The first-order chi connectivity index (χ1) is 11.3. The number of hydrogen-bond acceptors (Lipinski definition) is 4. The summed E-state index contributed by atoms with van der Waals surface area (Å²) < 4.78 is 1.95. The fraction of sp³-hybridized carbons (Fsp3) is 0.611. The molecule has 146 valence electrons. The van der Waals surface area contributed by atoms with Crippen LogP contribution >= 0.6 is 24.8 Å². The molecule has 0 saturated heterocycles. The topological polar surface area (TPSA) is 71.8 Å². The Bertz CT molecular complexity index is 778. The summed E-state index contributed by atoms with van der Waals surface area (Å²) in [5, 5.41) is 11.6. The molecule has 1 saturated carbocycles. The van der Waals surface area contributed by atoms with Crippen LogP contribution in [0.1, 0.15) is 61.3 Å². The molecule has 1 amide bonds. The molecule has 8 heteroatoms. The van der Waals surface area contributed by atoms with Gasteiger partial charge >= 0.3 is 0 Å². The fourth-order valence-corrected chi connectivity index (χ4v) is 2.94. The number of pyridine rings is 1. The lowest BCUT2D eigenvalue weighted by atomic mass is 10.1. The van der Waals surface area contributed by atoms with Gasteiger partial charge in [0.05, 0.1) is 22.2 Å². The highest BCUT2D eigenvalue weighted by molar-refractivity contribution is 6.06. The minimum absolute atomic E-state index is 0. The summed E-state index contributed by atoms with van der Waals surface area (Å²) in [7, 11) is 1.87. The molecule has 2 aromatic rings. The first kappa shape index (κ1) is 22.7. The molecule has 2 aromatic heterocycles. The van der Waals surface area contributed by atoms with E-state index in [-0.39, 0.29) is 36.3 Å². The molecular formula is C18H29Cl2N5O. The molecule has 3 rings (SSSR count). The lowest BCUT2D eigenvalue weighted by Gasteiger charge is -2.20. The zero-order valence-electron chi connectivity index (χ0n) is 16.0. The summed E-state index contributed by atoms with van der Waals surface area (Å²) in [4.78, 5) is 17.6. The number of nitrogens with zero attached hydrogens (tertiary/aromatic N) is 3. The molecule has 0 radical (unpaired) electrons. The van der Waals surface area contributed by atoms with Gasteiger partial charge in [-0.2, -0.15) is 5.10 Å². The molecule has 0 unspecified atom stereocenters. The Balaban J connectivity index is 0.00000169. The van der Waals surface area contributed by atoms with Crippen LogP contribution in [0.15, 0.2) is 6.07 Å². The van der Waals surface area contributed by atoms with Gasteiger partial charge in [0.2, 0.25) is 0 Å². The smallest absolute Gasteiger partial charge is 0.252 e. The predicted octanol–water partition coefficient (Wildman–Crippen LogP) is 3.16. The van der Waals surface area contributed by atoms with Gasteiger partial charge in [0, 0.05) is 24.7 Å². The van der Waals surface area contributed by atoms with Crippen molar-refractivity contribution < 1.29 is 4.79 Å². The van der Waals surface area contributed by atoms with Crippen molar-refractivity contribution in [2.24, 2.45) is 0 Å². The van der Waals surface area contributed by atoms with Gasteiger partial charge in [0.15, 0.2) is 5.65 Å². The molecule has 2 heterocycles. The van der Waals surface area contributed by atoms with Gasteiger partial charge in [0.25, 0.3) is 5.91 Å². The van der Waals surface area contributed by atoms with Crippen LogP contribution in [0.3, 0.4) is 0 Å². The molecular weight excluding hydrogens is 373 g/mol. The van der Waals surface area contributed by atoms with Crippen molar-refractivity contribution in [1.82, 2.24) is 25.4 Å². The zero-order valence-corrected chi connectivity index (χ0v) is 17.7. The summed E-state index contributed by atoms with van der Waals surface area (Å²) in [6.45, 7) is 9.62. The largest absolute Gasteiger partial charge is 0.351 e. The summed E-state index contributed by atoms with van der Waals surface area (Å²) in [6.07, 6.45) is 2.31. The van der Waals surface area contributed by atoms with Crippen molar-refractivity contribution in [1.29, 1.82) is 0 Å². The summed E-state index contributed by atoms with van der Waals surface area (Å²) >= 11 is 0. The van der Waals surface area contributed by atoms with Crippen molar-refractivity contribution in [3.63, 3.8) is 0 Å². The zero-order chi connectivity index (χ0) is 17.5. The molecule has 0 aromatic carbocycles. The van der Waals surface area contributed by atoms with Gasteiger partial charge in [-0.1, -0.05) is 0 Å². The number of aryl methyl sites for hydroxylation is 1. The maximum absolute atomic E-state index is 12.7. The Morgan fingerprint density at radius 2 is 1.92 bits per heavy atom. The van der Waals surface area contributed by atoms with Crippen molar-refractivity contribution in [2.75, 3.05) is 20.1 Å². The third kappa shape index (κ3) is 4.48. The van der Waals surface area contributed by atoms with Crippen LogP contribution in [-0.2, 0) is 5.54 Å². The molecule has 6 nitrogen and oxygen atoms in total. The summed E-state index contributed by atoms with van der Waals surface area (Å²) in [6, 6.07) is 1.97. The van der Waals surface area contributed by atoms with E-state index in [9.17, 15) is 4.79 Å². The average molecular weight is 402 g/mol. The molecule has 0 atom stereocenters. The van der Waals surface area contributed by atoms with Crippen molar-refractivity contribution in [3.8, 4) is 0 Å². The van der Waals surface area contributed by atoms with Gasteiger partial charge in [-0.3, -0.25) is 4.79 Å². The van der Waals surface area contributed by atoms with Crippen LogP contribution in [0.2, 0.25) is 0 Å². The summed E-state index contributed by atoms with van der Waals surface area (Å²) in [5.74, 6) is 0.443. The van der Waals surface area contributed by atoms with Crippen LogP contribution in [0.5, 0.6) is 0 Å². The molecule has 1 fully saturated rings. The van der Waals surface area contributed by atoms with Gasteiger partial charge in [-0.25, -0.2) is 9.67 Å². The molecule has 0 bridgehead atoms. The van der Waals surface area contributed by atoms with Crippen LogP contribution in [0, 0.1) is 6.92 Å². The summed E-state index contributed by atoms with van der Waals surface area (Å²) in [5.41, 5.74) is 3.22. The van der Waals surface area contributed by atoms with Crippen LogP contribution in [0.4, 0.5) is 0 Å². The predicted molar refractivity (Wildman–Crippen MR) is 110 cm³/mol. The third-order valence-corrected chi connectivity index (χ3v) is 4.37. The number of hydrogen-bond donors (Lipinski definition) is 2. The van der Waals surface area contributed by atoms with E-state index in [0.29, 0.717) is 18.0 Å². The van der Waals surface area contributed by atoms with Crippen LogP contribution in [0.25, 0.3) is 11.0 Å². The number of halogens is 2. The Kier molecular flexibility index (Phi) is 7.45. The normalized spacial score (nSPS) is 13.9. The number of nitrogens with one attached hydrogen (secondary N) is 2. The highest BCUT2D eigenvalue weighted by Gasteiger charge is 2.30. The third-order valence-electron chi connectivity index (χ3n) is 4.37. The van der Waals surface area contributed by atoms with E-state index >= 15 is 0 Å². The van der Waals surface area contributed by atoms with Gasteiger partial charge in [-0.05, 0) is 53.7 Å². The van der Waals surface area contributed by atoms with Gasteiger partial charge in [0.1, 0.15) is 0 Å². The maximum Gasteiger partial charge on any atom is 0.252 e. The van der Waals surface area contributed by atoms with E-state index in [0.717, 1.165) is 41.8 Å². The minimum atomic E-state index is -0.179. The molecule has 1 aliphatic carbocycles. The Labute approximate surface area is 167 Å². The molecule has 1 aliphatic rings. The number of likely N-dealkylation sites (N-methyl/N-ethyl adjacent to an activating group) is 1. The number of amides is 1. The lowest BCUT2D eigenvalue weighted by molar-refractivity contribution is 0.0955. The van der Waals surface area contributed by atoms with E-state index in [4.69, 9.17) is 4.98 Å². The second-order valence-electron chi connectivity index (χ2n) is 7.60. The molecule has 26 heavy (non-hydrogen) atoms. The minimum Gasteiger partial charge on any atom is -0.351 e. The number of rotatable bonds is 5. The Morgan fingerprint density at radius 3 is 2.46 bits per heavy atom. The van der Waals surface area contributed by atoms with Crippen molar-refractivity contribution >= 4 is 41.8 Å². The van der Waals surface area contributed by atoms with E-state index in [1.54, 1.807) is 0 Å². The van der Waals surface area contributed by atoms with Crippen molar-refractivity contribution in [3.05, 3.63) is 23.0 Å². The van der Waals surface area contributed by atoms with Crippen molar-refractivity contribution in [2.45, 2.75) is 52.0 Å². The number of carbonyl (C=O) groups is 1. The monoisotopic (exact) mass is 401 g/mol. The van der Waals surface area contributed by atoms with Gasteiger partial charge in [-0.15, -0.1) is 24.8 Å². The van der Waals surface area contributed by atoms with E-state index in [1.165, 1.54) is 0 Å². The maximum atomic E-state index is 12.7. The molecule has 0 spiro atoms. The van der Waals surface area contributed by atoms with E-state index < -0.39 is 0 Å².